The zero-order chi connectivity index (χ0) is 18.7. The molecule has 0 spiro atoms. The number of hydrogen-bond acceptors (Lipinski definition) is 6. The maximum atomic E-state index is 13.3. The Morgan fingerprint density at radius 1 is 1.27 bits per heavy atom. The Kier molecular flexibility index (Phi) is 5.56. The van der Waals surface area contributed by atoms with Gasteiger partial charge in [0.25, 0.3) is 0 Å². The summed E-state index contributed by atoms with van der Waals surface area (Å²) < 4.78 is 10.7. The Bertz CT molecular complexity index is 691. The largest absolute Gasteiger partial charge is 0.461 e. The first-order valence-corrected chi connectivity index (χ1v) is 9.02. The Morgan fingerprint density at radius 2 is 2.00 bits per heavy atom. The Morgan fingerprint density at radius 3 is 2.69 bits per heavy atom. The molecule has 0 bridgehead atoms. The zero-order valence-electron chi connectivity index (χ0n) is 15.4. The van der Waals surface area contributed by atoms with Crippen molar-refractivity contribution in [3.63, 3.8) is 0 Å². The molecule has 7 heteroatoms. The van der Waals surface area contributed by atoms with E-state index in [1.54, 1.807) is 11.9 Å². The maximum Gasteiger partial charge on any atom is 0.354 e. The fourth-order valence-corrected chi connectivity index (χ4v) is 3.26. The van der Waals surface area contributed by atoms with E-state index in [9.17, 15) is 9.59 Å². The van der Waals surface area contributed by atoms with Crippen LogP contribution in [0.1, 0.15) is 27.2 Å². The van der Waals surface area contributed by atoms with Crippen LogP contribution in [0, 0.1) is 0 Å². The van der Waals surface area contributed by atoms with Gasteiger partial charge in [-0.3, -0.25) is 9.80 Å². The number of morpholine rings is 1. The topological polar surface area (TPSA) is 71.4 Å². The molecular weight excluding hydrogens is 334 g/mol. The summed E-state index contributed by atoms with van der Waals surface area (Å²) in [7, 11) is 0. The number of amides is 1. The Balaban J connectivity index is 1.86. The Hall–Kier alpha value is -2.41. The van der Waals surface area contributed by atoms with Crippen molar-refractivity contribution < 1.29 is 19.1 Å². The third kappa shape index (κ3) is 3.72. The van der Waals surface area contributed by atoms with Gasteiger partial charge in [0.15, 0.2) is 0 Å². The van der Waals surface area contributed by atoms with Crippen molar-refractivity contribution in [1.29, 1.82) is 0 Å². The van der Waals surface area contributed by atoms with E-state index >= 15 is 0 Å². The molecule has 26 heavy (non-hydrogen) atoms. The molecule has 1 amide bonds. The minimum absolute atomic E-state index is 0.00725. The van der Waals surface area contributed by atoms with E-state index in [4.69, 9.17) is 9.47 Å². The van der Waals surface area contributed by atoms with E-state index in [2.05, 4.69) is 5.10 Å². The smallest absolute Gasteiger partial charge is 0.354 e. The molecule has 3 rings (SSSR count). The summed E-state index contributed by atoms with van der Waals surface area (Å²) in [6.45, 7) is 7.00. The van der Waals surface area contributed by atoms with Gasteiger partial charge in [-0.15, -0.1) is 0 Å². The van der Waals surface area contributed by atoms with Gasteiger partial charge >= 0.3 is 5.97 Å². The highest BCUT2D eigenvalue weighted by Crippen LogP contribution is 2.27. The second-order valence-electron chi connectivity index (χ2n) is 6.65. The van der Waals surface area contributed by atoms with E-state index < -0.39 is 12.0 Å². The van der Waals surface area contributed by atoms with Crippen LogP contribution in [0.5, 0.6) is 0 Å². The predicted molar refractivity (Wildman–Crippen MR) is 98.0 cm³/mol. The van der Waals surface area contributed by atoms with Crippen LogP contribution in [-0.2, 0) is 19.1 Å². The van der Waals surface area contributed by atoms with Crippen molar-refractivity contribution in [2.45, 2.75) is 45.4 Å². The molecule has 1 saturated heterocycles. The summed E-state index contributed by atoms with van der Waals surface area (Å²) in [5.74, 6) is -0.508. The van der Waals surface area contributed by atoms with Gasteiger partial charge in [0.1, 0.15) is 11.8 Å². The SMILES string of the molecule is CCOC(=O)C1=NN(c2ccccc2)C(C(=O)N2CC(C)OCC2C)C1. The minimum atomic E-state index is -0.551. The number of rotatable bonds is 4. The number of carbonyl (C=O) groups excluding carboxylic acids is 2. The molecule has 0 radical (unpaired) electrons. The average Bonchev–Trinajstić information content (AvgIpc) is 3.09. The lowest BCUT2D eigenvalue weighted by Crippen LogP contribution is -2.55. The van der Waals surface area contributed by atoms with Crippen LogP contribution in [-0.4, -0.2) is 60.4 Å². The molecule has 1 aromatic rings. The standard InChI is InChI=1S/C19H25N3O4/c1-4-25-19(24)16-10-17(22(20-16)15-8-6-5-7-9-15)18(23)21-11-14(3)26-12-13(21)2/h5-9,13-14,17H,4,10-12H2,1-3H3. The van der Waals surface area contributed by atoms with E-state index in [1.807, 2.05) is 49.1 Å². The lowest BCUT2D eigenvalue weighted by Gasteiger charge is -2.39. The van der Waals surface area contributed by atoms with Crippen molar-refractivity contribution in [3.05, 3.63) is 30.3 Å². The molecule has 0 saturated carbocycles. The van der Waals surface area contributed by atoms with Gasteiger partial charge in [-0.2, -0.15) is 5.10 Å². The molecule has 3 atom stereocenters. The number of anilines is 1. The highest BCUT2D eigenvalue weighted by molar-refractivity contribution is 6.38. The number of benzene rings is 1. The zero-order valence-corrected chi connectivity index (χ0v) is 15.4. The number of esters is 1. The van der Waals surface area contributed by atoms with E-state index in [0.717, 1.165) is 5.69 Å². The number of hydrazone groups is 1. The molecule has 2 aliphatic rings. The molecule has 7 nitrogen and oxygen atoms in total. The first kappa shape index (κ1) is 18.4. The second kappa shape index (κ2) is 7.86. The number of carbonyl (C=O) groups is 2. The van der Waals surface area contributed by atoms with E-state index in [0.29, 0.717) is 13.2 Å². The highest BCUT2D eigenvalue weighted by Gasteiger charge is 2.41. The molecular formula is C19H25N3O4. The van der Waals surface area contributed by atoms with Crippen LogP contribution in [0.4, 0.5) is 5.69 Å². The first-order valence-electron chi connectivity index (χ1n) is 9.02. The maximum absolute atomic E-state index is 13.3. The van der Waals surface area contributed by atoms with Crippen LogP contribution >= 0.6 is 0 Å². The van der Waals surface area contributed by atoms with E-state index in [1.165, 1.54) is 0 Å². The third-order valence-electron chi connectivity index (χ3n) is 4.62. The normalized spacial score (nSPS) is 25.8. The molecule has 1 fully saturated rings. The lowest BCUT2D eigenvalue weighted by atomic mass is 10.1. The third-order valence-corrected chi connectivity index (χ3v) is 4.62. The summed E-state index contributed by atoms with van der Waals surface area (Å²) in [4.78, 5) is 27.3. The summed E-state index contributed by atoms with van der Waals surface area (Å²) in [5, 5.41) is 6.06. The average molecular weight is 359 g/mol. The van der Waals surface area contributed by atoms with Crippen LogP contribution in [0.2, 0.25) is 0 Å². The summed E-state index contributed by atoms with van der Waals surface area (Å²) in [6, 6.07) is 8.86. The number of para-hydroxylation sites is 1. The van der Waals surface area contributed by atoms with Crippen LogP contribution in [0.15, 0.2) is 35.4 Å². The van der Waals surface area contributed by atoms with Crippen molar-refractivity contribution in [1.82, 2.24) is 4.90 Å². The molecule has 1 aromatic carbocycles. The van der Waals surface area contributed by atoms with Gasteiger partial charge in [-0.1, -0.05) is 18.2 Å². The highest BCUT2D eigenvalue weighted by atomic mass is 16.5. The number of hydrogen-bond donors (Lipinski definition) is 0. The van der Waals surface area contributed by atoms with Gasteiger partial charge in [-0.05, 0) is 32.9 Å². The summed E-state index contributed by atoms with van der Waals surface area (Å²) in [5.41, 5.74) is 1.06. The van der Waals surface area contributed by atoms with Crippen molar-refractivity contribution in [2.24, 2.45) is 5.10 Å². The number of ether oxygens (including phenoxy) is 2. The molecule has 3 unspecified atom stereocenters. The molecule has 0 aromatic heterocycles. The molecule has 140 valence electrons. The predicted octanol–water partition coefficient (Wildman–Crippen LogP) is 1.82. The van der Waals surface area contributed by atoms with Gasteiger partial charge in [0, 0.05) is 13.0 Å². The minimum Gasteiger partial charge on any atom is -0.461 e. The fourth-order valence-electron chi connectivity index (χ4n) is 3.26. The molecule has 0 N–H and O–H groups in total. The van der Waals surface area contributed by atoms with Gasteiger partial charge in [0.05, 0.1) is 31.0 Å². The van der Waals surface area contributed by atoms with Crippen LogP contribution < -0.4 is 5.01 Å². The van der Waals surface area contributed by atoms with E-state index in [-0.39, 0.29) is 36.8 Å². The van der Waals surface area contributed by atoms with Gasteiger partial charge in [0.2, 0.25) is 5.91 Å². The summed E-state index contributed by atoms with van der Waals surface area (Å²) in [6.07, 6.45) is 0.234. The quantitative estimate of drug-likeness (QED) is 0.767. The molecule has 2 aliphatic heterocycles. The van der Waals surface area contributed by atoms with Crippen molar-refractivity contribution in [3.8, 4) is 0 Å². The van der Waals surface area contributed by atoms with Crippen LogP contribution in [0.3, 0.4) is 0 Å². The first-order chi connectivity index (χ1) is 12.5. The van der Waals surface area contributed by atoms with Crippen LogP contribution in [0.25, 0.3) is 0 Å². The monoisotopic (exact) mass is 359 g/mol. The fraction of sp³-hybridized carbons (Fsp3) is 0.526. The van der Waals surface area contributed by atoms with Gasteiger partial charge < -0.3 is 14.4 Å². The molecule has 2 heterocycles. The Labute approximate surface area is 153 Å². The second-order valence-corrected chi connectivity index (χ2v) is 6.65. The van der Waals surface area contributed by atoms with Crippen molar-refractivity contribution in [2.75, 3.05) is 24.8 Å². The lowest BCUT2D eigenvalue weighted by molar-refractivity contribution is -0.144. The number of nitrogens with zero attached hydrogens (tertiary/aromatic N) is 3. The summed E-state index contributed by atoms with van der Waals surface area (Å²) >= 11 is 0. The van der Waals surface area contributed by atoms with Crippen molar-refractivity contribution >= 4 is 23.3 Å². The van der Waals surface area contributed by atoms with Gasteiger partial charge in [-0.25, -0.2) is 4.79 Å². The molecule has 0 aliphatic carbocycles.